The Balaban J connectivity index is 2.42. The highest BCUT2D eigenvalue weighted by Crippen LogP contribution is 2.34. The molecule has 0 radical (unpaired) electrons. The molecule has 0 amide bonds. The Morgan fingerprint density at radius 1 is 1.26 bits per heavy atom. The molecule has 0 fully saturated rings. The molecule has 0 saturated carbocycles. The molecular formula is C10H6ClN3O5. The van der Waals surface area contributed by atoms with Crippen LogP contribution in [-0.2, 0) is 0 Å². The van der Waals surface area contributed by atoms with Crippen molar-refractivity contribution >= 4 is 17.3 Å². The van der Waals surface area contributed by atoms with Crippen LogP contribution in [0.2, 0.25) is 0 Å². The van der Waals surface area contributed by atoms with Crippen molar-refractivity contribution in [1.82, 2.24) is 0 Å². The van der Waals surface area contributed by atoms with E-state index >= 15 is 0 Å². The van der Waals surface area contributed by atoms with E-state index in [0.29, 0.717) is 17.5 Å². The third-order valence-electron chi connectivity index (χ3n) is 2.21. The molecule has 0 aromatic heterocycles. The second-order valence-corrected chi connectivity index (χ2v) is 3.81. The van der Waals surface area contributed by atoms with Gasteiger partial charge in [-0.25, -0.2) is 0 Å². The van der Waals surface area contributed by atoms with Crippen molar-refractivity contribution in [3.05, 3.63) is 67.3 Å². The molecule has 1 aromatic carbocycles. The Kier molecular flexibility index (Phi) is 3.34. The van der Waals surface area contributed by atoms with E-state index in [4.69, 9.17) is 16.3 Å². The van der Waals surface area contributed by atoms with Gasteiger partial charge < -0.3 is 10.1 Å². The second kappa shape index (κ2) is 4.94. The number of nitrogens with zero attached hydrogens (tertiary/aromatic N) is 2. The number of halogens is 1. The number of benzene rings is 1. The third kappa shape index (κ3) is 2.63. The number of para-hydroxylation sites is 2. The van der Waals surface area contributed by atoms with Crippen LogP contribution in [0, 0.1) is 20.2 Å². The zero-order valence-corrected chi connectivity index (χ0v) is 9.96. The van der Waals surface area contributed by atoms with Crippen molar-refractivity contribution in [2.75, 3.05) is 5.32 Å². The summed E-state index contributed by atoms with van der Waals surface area (Å²) < 4.78 is 5.21. The van der Waals surface area contributed by atoms with Gasteiger partial charge in [-0.05, 0) is 23.7 Å². The molecule has 98 valence electrons. The van der Waals surface area contributed by atoms with E-state index < -0.39 is 20.7 Å². The largest absolute Gasteiger partial charge is 0.433 e. The normalized spacial score (nSPS) is 16.2. The predicted molar refractivity (Wildman–Crippen MR) is 65.6 cm³/mol. The molecule has 1 aromatic rings. The van der Waals surface area contributed by atoms with Crippen molar-refractivity contribution in [1.29, 1.82) is 0 Å². The standard InChI is InChI=1S/C10H6ClN3O5/c11-9(14(17)18)5-7(13(15)16)10-12-6-3-1-2-4-8(6)19-10/h1-5,12H/b9-5?,10-7+. The molecule has 9 heteroatoms. The van der Waals surface area contributed by atoms with Crippen LogP contribution in [-0.4, -0.2) is 9.85 Å². The zero-order chi connectivity index (χ0) is 14.0. The van der Waals surface area contributed by atoms with Gasteiger partial charge in [-0.15, -0.1) is 0 Å². The van der Waals surface area contributed by atoms with Crippen molar-refractivity contribution < 1.29 is 14.6 Å². The average molecular weight is 284 g/mol. The van der Waals surface area contributed by atoms with Crippen LogP contribution in [0.5, 0.6) is 5.75 Å². The molecular weight excluding hydrogens is 278 g/mol. The summed E-state index contributed by atoms with van der Waals surface area (Å²) in [5.74, 6) is 0.175. The van der Waals surface area contributed by atoms with Crippen LogP contribution in [0.25, 0.3) is 0 Å². The van der Waals surface area contributed by atoms with E-state index in [9.17, 15) is 20.2 Å². The number of nitrogens with one attached hydrogen (secondary N) is 1. The van der Waals surface area contributed by atoms with Crippen LogP contribution < -0.4 is 10.1 Å². The second-order valence-electron chi connectivity index (χ2n) is 3.42. The summed E-state index contributed by atoms with van der Waals surface area (Å²) in [5.41, 5.74) is -0.0969. The monoisotopic (exact) mass is 283 g/mol. The van der Waals surface area contributed by atoms with Crippen LogP contribution >= 0.6 is 11.6 Å². The number of fused-ring (bicyclic) bond motifs is 1. The van der Waals surface area contributed by atoms with Crippen molar-refractivity contribution in [2.24, 2.45) is 0 Å². The molecule has 0 unspecified atom stereocenters. The summed E-state index contributed by atoms with van der Waals surface area (Å²) in [7, 11) is 0. The molecule has 2 rings (SSSR count). The van der Waals surface area contributed by atoms with Gasteiger partial charge in [-0.3, -0.25) is 20.2 Å². The van der Waals surface area contributed by atoms with Crippen LogP contribution in [0.1, 0.15) is 0 Å². The van der Waals surface area contributed by atoms with E-state index in [1.165, 1.54) is 0 Å². The first-order valence-electron chi connectivity index (χ1n) is 4.93. The number of anilines is 1. The highest BCUT2D eigenvalue weighted by Gasteiger charge is 2.28. The van der Waals surface area contributed by atoms with Crippen molar-refractivity contribution in [3.8, 4) is 5.75 Å². The first-order chi connectivity index (χ1) is 8.99. The number of ether oxygens (including phenoxy) is 1. The van der Waals surface area contributed by atoms with Gasteiger partial charge in [-0.2, -0.15) is 0 Å². The summed E-state index contributed by atoms with van der Waals surface area (Å²) in [6.07, 6.45) is 0.621. The molecule has 19 heavy (non-hydrogen) atoms. The Morgan fingerprint density at radius 3 is 2.53 bits per heavy atom. The van der Waals surface area contributed by atoms with Crippen LogP contribution in [0.15, 0.2) is 47.1 Å². The quantitative estimate of drug-likeness (QED) is 0.518. The molecule has 0 saturated heterocycles. The molecule has 0 bridgehead atoms. The highest BCUT2D eigenvalue weighted by molar-refractivity contribution is 6.28. The number of nitro groups is 2. The van der Waals surface area contributed by atoms with E-state index in [2.05, 4.69) is 5.32 Å². The van der Waals surface area contributed by atoms with E-state index in [1.54, 1.807) is 24.3 Å². The maximum absolute atomic E-state index is 10.9. The van der Waals surface area contributed by atoms with Crippen LogP contribution in [0.4, 0.5) is 5.69 Å². The molecule has 0 aliphatic carbocycles. The smallest absolute Gasteiger partial charge is 0.344 e. The number of rotatable bonds is 3. The predicted octanol–water partition coefficient (Wildman–Crippen LogP) is 2.29. The summed E-state index contributed by atoms with van der Waals surface area (Å²) >= 11 is 5.28. The number of hydrogen-bond acceptors (Lipinski definition) is 6. The van der Waals surface area contributed by atoms with Gasteiger partial charge in [-0.1, -0.05) is 12.1 Å². The topological polar surface area (TPSA) is 108 Å². The lowest BCUT2D eigenvalue weighted by Gasteiger charge is -1.98. The van der Waals surface area contributed by atoms with Gasteiger partial charge >= 0.3 is 10.9 Å². The first-order valence-corrected chi connectivity index (χ1v) is 5.31. The van der Waals surface area contributed by atoms with Gasteiger partial charge in [0.1, 0.15) is 6.08 Å². The fourth-order valence-electron chi connectivity index (χ4n) is 1.40. The van der Waals surface area contributed by atoms with Crippen molar-refractivity contribution in [3.63, 3.8) is 0 Å². The molecule has 1 aliphatic heterocycles. The van der Waals surface area contributed by atoms with Gasteiger partial charge in [0, 0.05) is 0 Å². The molecule has 8 nitrogen and oxygen atoms in total. The summed E-state index contributed by atoms with van der Waals surface area (Å²) in [6, 6.07) is 6.66. The lowest BCUT2D eigenvalue weighted by molar-refractivity contribution is -0.429. The Hall–Kier alpha value is -2.61. The van der Waals surface area contributed by atoms with E-state index in [-0.39, 0.29) is 5.88 Å². The Bertz CT molecular complexity index is 598. The van der Waals surface area contributed by atoms with E-state index in [0.717, 1.165) is 0 Å². The Labute approximate surface area is 111 Å². The minimum Gasteiger partial charge on any atom is -0.433 e. The molecule has 0 atom stereocenters. The summed E-state index contributed by atoms with van der Waals surface area (Å²) in [4.78, 5) is 19.5. The van der Waals surface area contributed by atoms with Crippen molar-refractivity contribution in [2.45, 2.75) is 0 Å². The lowest BCUT2D eigenvalue weighted by Crippen LogP contribution is -2.09. The maximum Gasteiger partial charge on any atom is 0.344 e. The van der Waals surface area contributed by atoms with Gasteiger partial charge in [0.25, 0.3) is 5.88 Å². The molecule has 0 spiro atoms. The number of allylic oxidation sites excluding steroid dienone is 1. The third-order valence-corrected chi connectivity index (χ3v) is 2.45. The molecule has 1 N–H and O–H groups in total. The highest BCUT2D eigenvalue weighted by atomic mass is 35.5. The van der Waals surface area contributed by atoms with Gasteiger partial charge in [0.05, 0.1) is 15.5 Å². The number of hydrogen-bond donors (Lipinski definition) is 1. The maximum atomic E-state index is 10.9. The molecule has 1 heterocycles. The minimum atomic E-state index is -0.937. The van der Waals surface area contributed by atoms with Gasteiger partial charge in [0.15, 0.2) is 5.75 Å². The lowest BCUT2D eigenvalue weighted by atomic mass is 10.3. The fourth-order valence-corrected chi connectivity index (χ4v) is 1.50. The molecule has 1 aliphatic rings. The Morgan fingerprint density at radius 2 is 1.95 bits per heavy atom. The first kappa shape index (κ1) is 12.8. The fraction of sp³-hybridized carbons (Fsp3) is 0. The van der Waals surface area contributed by atoms with Gasteiger partial charge in [0.2, 0.25) is 0 Å². The summed E-state index contributed by atoms with van der Waals surface area (Å²) in [6.45, 7) is 0. The summed E-state index contributed by atoms with van der Waals surface area (Å²) in [5, 5.41) is 23.1. The van der Waals surface area contributed by atoms with E-state index in [1.807, 2.05) is 0 Å². The van der Waals surface area contributed by atoms with Crippen LogP contribution in [0.3, 0.4) is 0 Å². The average Bonchev–Trinajstić information content (AvgIpc) is 2.78. The zero-order valence-electron chi connectivity index (χ0n) is 9.20. The SMILES string of the molecule is O=[N+]([O-])C(Cl)=C/C(=C1/Nc2ccccc2O1)[N+](=O)[O-]. The minimum absolute atomic E-state index is 0.216.